The highest BCUT2D eigenvalue weighted by Gasteiger charge is 2.34. The summed E-state index contributed by atoms with van der Waals surface area (Å²) < 4.78 is 10.6. The maximum absolute atomic E-state index is 12.8. The molecule has 3 aliphatic heterocycles. The Hall–Kier alpha value is -3.33. The first kappa shape index (κ1) is 15.9. The average molecular weight is 366 g/mol. The van der Waals surface area contributed by atoms with E-state index < -0.39 is 0 Å². The van der Waals surface area contributed by atoms with E-state index in [9.17, 15) is 4.79 Å². The number of carbonyl (C=O) groups excluding carboxylic acids is 1. The van der Waals surface area contributed by atoms with Gasteiger partial charge in [0.1, 0.15) is 11.7 Å². The van der Waals surface area contributed by atoms with Gasteiger partial charge in [0, 0.05) is 19.3 Å². The minimum atomic E-state index is -0.167. The van der Waals surface area contributed by atoms with Crippen molar-refractivity contribution in [3.8, 4) is 0 Å². The summed E-state index contributed by atoms with van der Waals surface area (Å²) in [6.45, 7) is 2.26. The number of rotatable bonds is 2. The van der Waals surface area contributed by atoms with Gasteiger partial charge < -0.3 is 24.7 Å². The van der Waals surface area contributed by atoms with Crippen molar-refractivity contribution >= 4 is 34.4 Å². The van der Waals surface area contributed by atoms with E-state index in [0.29, 0.717) is 43.2 Å². The number of aromatic nitrogens is 1. The van der Waals surface area contributed by atoms with Crippen LogP contribution < -0.4 is 11.2 Å². The second-order valence-electron chi connectivity index (χ2n) is 6.50. The Bertz CT molecular complexity index is 1000. The maximum atomic E-state index is 12.8. The van der Waals surface area contributed by atoms with Crippen LogP contribution in [0.2, 0.25) is 0 Å². The average Bonchev–Trinajstić information content (AvgIpc) is 3.29. The summed E-state index contributed by atoms with van der Waals surface area (Å²) in [4.78, 5) is 20.6. The maximum Gasteiger partial charge on any atom is 0.292 e. The van der Waals surface area contributed by atoms with E-state index in [1.807, 2.05) is 41.5 Å². The van der Waals surface area contributed by atoms with Crippen molar-refractivity contribution in [2.75, 3.05) is 32.0 Å². The molecule has 5 rings (SSSR count). The Labute approximate surface area is 154 Å². The van der Waals surface area contributed by atoms with E-state index in [-0.39, 0.29) is 18.1 Å². The van der Waals surface area contributed by atoms with E-state index in [0.717, 1.165) is 11.1 Å². The number of benzene rings is 1. The molecule has 0 saturated carbocycles. The van der Waals surface area contributed by atoms with Crippen molar-refractivity contribution in [2.24, 2.45) is 5.10 Å². The highest BCUT2D eigenvalue weighted by molar-refractivity contribution is 6.38. The van der Waals surface area contributed by atoms with E-state index in [4.69, 9.17) is 14.9 Å². The number of oxazole rings is 1. The smallest absolute Gasteiger partial charge is 0.292 e. The van der Waals surface area contributed by atoms with Gasteiger partial charge in [0.25, 0.3) is 11.9 Å². The first-order valence-corrected chi connectivity index (χ1v) is 8.74. The van der Waals surface area contributed by atoms with Crippen LogP contribution in [0.15, 0.2) is 46.1 Å². The number of nitrogens with two attached hydrogens (primary N) is 1. The number of amidine groups is 1. The number of allylic oxidation sites excluding steroid dienone is 2. The highest BCUT2D eigenvalue weighted by atomic mass is 16.5. The molecule has 1 fully saturated rings. The predicted molar refractivity (Wildman–Crippen MR) is 99.1 cm³/mol. The van der Waals surface area contributed by atoms with E-state index >= 15 is 0 Å². The number of nitrogens with zero attached hydrogens (tertiary/aromatic N) is 4. The molecule has 27 heavy (non-hydrogen) atoms. The quantitative estimate of drug-likeness (QED) is 0.806. The molecule has 0 radical (unpaired) electrons. The minimum absolute atomic E-state index is 0.0982. The largest absolute Gasteiger partial charge is 0.424 e. The summed E-state index contributed by atoms with van der Waals surface area (Å²) in [7, 11) is 0. The van der Waals surface area contributed by atoms with Crippen molar-refractivity contribution in [3.63, 3.8) is 0 Å². The van der Waals surface area contributed by atoms with Gasteiger partial charge in [-0.3, -0.25) is 10.2 Å². The zero-order valence-corrected chi connectivity index (χ0v) is 14.5. The molecular formula is C18H18N6O3. The van der Waals surface area contributed by atoms with Gasteiger partial charge >= 0.3 is 0 Å². The molecule has 3 aliphatic rings. The fourth-order valence-electron chi connectivity index (χ4n) is 3.41. The number of morpholine rings is 1. The molecule has 1 atom stereocenters. The lowest BCUT2D eigenvalue weighted by atomic mass is 10.0. The van der Waals surface area contributed by atoms with Gasteiger partial charge in [0.15, 0.2) is 5.58 Å². The van der Waals surface area contributed by atoms with Crippen molar-refractivity contribution in [3.05, 3.63) is 42.1 Å². The number of fused-ring (bicyclic) bond motifs is 2. The van der Waals surface area contributed by atoms with Gasteiger partial charge in [0.2, 0.25) is 5.84 Å². The van der Waals surface area contributed by atoms with Crippen LogP contribution in [0, 0.1) is 0 Å². The van der Waals surface area contributed by atoms with E-state index in [1.54, 1.807) is 4.90 Å². The van der Waals surface area contributed by atoms with Crippen LogP contribution in [0.5, 0.6) is 0 Å². The Morgan fingerprint density at radius 3 is 3.00 bits per heavy atom. The van der Waals surface area contributed by atoms with Crippen LogP contribution in [-0.4, -0.2) is 59.0 Å². The molecule has 1 aromatic carbocycles. The Morgan fingerprint density at radius 2 is 2.15 bits per heavy atom. The molecule has 1 amide bonds. The molecule has 9 nitrogen and oxygen atoms in total. The number of nitrogens with one attached hydrogen (secondary N) is 1. The molecule has 3 N–H and O–H groups in total. The molecule has 1 aromatic heterocycles. The van der Waals surface area contributed by atoms with Crippen LogP contribution in [0.25, 0.3) is 16.7 Å². The molecule has 1 saturated heterocycles. The van der Waals surface area contributed by atoms with Gasteiger partial charge in [-0.15, -0.1) is 0 Å². The van der Waals surface area contributed by atoms with Crippen LogP contribution in [0.4, 0.5) is 6.01 Å². The monoisotopic (exact) mass is 366 g/mol. The van der Waals surface area contributed by atoms with Crippen molar-refractivity contribution < 1.29 is 13.9 Å². The van der Waals surface area contributed by atoms with Crippen LogP contribution in [0.3, 0.4) is 0 Å². The summed E-state index contributed by atoms with van der Waals surface area (Å²) in [6, 6.07) is 5.83. The molecule has 2 aromatic rings. The van der Waals surface area contributed by atoms with E-state index in [1.165, 1.54) is 0 Å². The second kappa shape index (κ2) is 6.13. The third-order valence-electron chi connectivity index (χ3n) is 4.81. The highest BCUT2D eigenvalue weighted by Crippen LogP contribution is 2.28. The number of hydrazone groups is 1. The van der Waals surface area contributed by atoms with Gasteiger partial charge in [-0.1, -0.05) is 12.1 Å². The third kappa shape index (κ3) is 2.72. The van der Waals surface area contributed by atoms with Crippen LogP contribution in [0.1, 0.15) is 5.56 Å². The molecule has 138 valence electrons. The Morgan fingerprint density at radius 1 is 1.30 bits per heavy atom. The lowest BCUT2D eigenvalue weighted by Gasteiger charge is -2.30. The number of amides is 1. The minimum Gasteiger partial charge on any atom is -0.424 e. The van der Waals surface area contributed by atoms with Crippen molar-refractivity contribution in [1.82, 2.24) is 20.2 Å². The summed E-state index contributed by atoms with van der Waals surface area (Å²) >= 11 is 0. The Kier molecular flexibility index (Phi) is 3.61. The first-order chi connectivity index (χ1) is 13.2. The summed E-state index contributed by atoms with van der Waals surface area (Å²) in [6.07, 6.45) is 5.73. The molecule has 0 aliphatic carbocycles. The molecule has 1 unspecified atom stereocenters. The zero-order chi connectivity index (χ0) is 18.4. The Balaban J connectivity index is 1.44. The third-order valence-corrected chi connectivity index (χ3v) is 4.81. The molecule has 0 spiro atoms. The number of nitrogen functional groups attached to an aromatic ring is 1. The van der Waals surface area contributed by atoms with E-state index in [2.05, 4.69) is 15.5 Å². The lowest BCUT2D eigenvalue weighted by molar-refractivity contribution is -0.128. The SMILES string of the molecule is Nc1nc2cc(C3=CN4C(C(=O)N5CCOCC5)=NNC4C=C3)ccc2o1. The number of hydrogen-bond donors (Lipinski definition) is 2. The molecule has 9 heteroatoms. The van der Waals surface area contributed by atoms with Crippen LogP contribution >= 0.6 is 0 Å². The number of carbonyl (C=O) groups is 1. The number of anilines is 1. The second-order valence-corrected chi connectivity index (χ2v) is 6.50. The van der Waals surface area contributed by atoms with Gasteiger partial charge in [-0.25, -0.2) is 0 Å². The number of ether oxygens (including phenoxy) is 1. The standard InChI is InChI=1S/C18H18N6O3/c19-18-20-13-9-11(1-3-14(13)27-18)12-2-4-15-21-22-16(24(15)10-12)17(25)23-5-7-26-8-6-23/h1-4,9-10,15,21H,5-8H2,(H2,19,20). The summed E-state index contributed by atoms with van der Waals surface area (Å²) in [5, 5.41) is 4.26. The summed E-state index contributed by atoms with van der Waals surface area (Å²) in [5.41, 5.74) is 11.8. The fourth-order valence-corrected chi connectivity index (χ4v) is 3.41. The van der Waals surface area contributed by atoms with Crippen molar-refractivity contribution in [1.29, 1.82) is 0 Å². The van der Waals surface area contributed by atoms with Gasteiger partial charge in [-0.2, -0.15) is 10.1 Å². The topological polar surface area (TPSA) is 109 Å². The lowest BCUT2D eigenvalue weighted by Crippen LogP contribution is -2.48. The molecule has 0 bridgehead atoms. The molecular weight excluding hydrogens is 348 g/mol. The zero-order valence-electron chi connectivity index (χ0n) is 14.5. The predicted octanol–water partition coefficient (Wildman–Crippen LogP) is 0.724. The van der Waals surface area contributed by atoms with Crippen LogP contribution in [-0.2, 0) is 9.53 Å². The van der Waals surface area contributed by atoms with Gasteiger partial charge in [-0.05, 0) is 29.3 Å². The van der Waals surface area contributed by atoms with Gasteiger partial charge in [0.05, 0.1) is 13.2 Å². The first-order valence-electron chi connectivity index (χ1n) is 8.74. The normalized spacial score (nSPS) is 21.7. The number of hydrogen-bond acceptors (Lipinski definition) is 8. The molecule has 4 heterocycles. The fraction of sp³-hybridized carbons (Fsp3) is 0.278. The summed E-state index contributed by atoms with van der Waals surface area (Å²) in [5.74, 6) is 0.287. The van der Waals surface area contributed by atoms with Crippen molar-refractivity contribution in [2.45, 2.75) is 6.17 Å².